The molecule has 0 fully saturated rings. The fourth-order valence-electron chi connectivity index (χ4n) is 2.06. The van der Waals surface area contributed by atoms with Crippen LogP contribution in [0, 0.1) is 6.92 Å². The fourth-order valence-corrected chi connectivity index (χ4v) is 2.54. The van der Waals surface area contributed by atoms with Gasteiger partial charge in [0.05, 0.1) is 17.3 Å². The Bertz CT molecular complexity index is 673. The number of aryl methyl sites for hydroxylation is 1. The molecule has 0 aliphatic heterocycles. The molecule has 1 amide bonds. The molecule has 0 aromatic heterocycles. The van der Waals surface area contributed by atoms with Gasteiger partial charge in [-0.05, 0) is 49.2 Å². The third-order valence-corrected chi connectivity index (χ3v) is 3.86. The number of benzene rings is 2. The molecule has 2 N–H and O–H groups in total. The van der Waals surface area contributed by atoms with Crippen LogP contribution in [-0.4, -0.2) is 12.5 Å². The van der Waals surface area contributed by atoms with Gasteiger partial charge in [-0.15, -0.1) is 0 Å². The topological polar surface area (TPSA) is 41.1 Å². The highest BCUT2D eigenvalue weighted by atomic mass is 35.5. The number of hydrogen-bond acceptors (Lipinski definition) is 2. The van der Waals surface area contributed by atoms with Crippen molar-refractivity contribution in [3.05, 3.63) is 63.6 Å². The van der Waals surface area contributed by atoms with Crippen LogP contribution in [0.5, 0.6) is 0 Å². The van der Waals surface area contributed by atoms with E-state index in [1.54, 1.807) is 6.07 Å². The van der Waals surface area contributed by atoms with Gasteiger partial charge in [0.2, 0.25) is 5.91 Å². The van der Waals surface area contributed by atoms with E-state index in [4.69, 9.17) is 23.2 Å². The van der Waals surface area contributed by atoms with Gasteiger partial charge in [0.1, 0.15) is 0 Å². The summed E-state index contributed by atoms with van der Waals surface area (Å²) < 4.78 is 0. The first-order chi connectivity index (χ1) is 10.5. The second kappa shape index (κ2) is 7.63. The highest BCUT2D eigenvalue weighted by Gasteiger charge is 2.09. The minimum absolute atomic E-state index is 0.0259. The Morgan fingerprint density at radius 3 is 2.64 bits per heavy atom. The molecule has 1 atom stereocenters. The predicted molar refractivity (Wildman–Crippen MR) is 92.7 cm³/mol. The average Bonchev–Trinajstić information content (AvgIpc) is 2.47. The lowest BCUT2D eigenvalue weighted by Crippen LogP contribution is -2.30. The lowest BCUT2D eigenvalue weighted by Gasteiger charge is -2.15. The molecule has 0 spiro atoms. The van der Waals surface area contributed by atoms with Crippen LogP contribution in [0.4, 0.5) is 5.69 Å². The number of halogens is 2. The first-order valence-electron chi connectivity index (χ1n) is 7.00. The van der Waals surface area contributed by atoms with Gasteiger partial charge in [-0.25, -0.2) is 0 Å². The van der Waals surface area contributed by atoms with E-state index in [1.165, 1.54) is 0 Å². The molecule has 0 radical (unpaired) electrons. The van der Waals surface area contributed by atoms with Crippen molar-refractivity contribution < 1.29 is 4.79 Å². The standard InChI is InChI=1S/C17H18Cl2N2O/c1-11-6-7-16(15(19)8-11)21-17(22)10-20-12(2)13-4-3-5-14(18)9-13/h3-9,12,20H,10H2,1-2H3,(H,21,22)/t12-/m1/s1. The molecule has 2 aromatic carbocycles. The van der Waals surface area contributed by atoms with Crippen LogP contribution in [0.25, 0.3) is 0 Å². The van der Waals surface area contributed by atoms with E-state index < -0.39 is 0 Å². The molecule has 0 saturated carbocycles. The molecule has 2 aromatic rings. The van der Waals surface area contributed by atoms with Gasteiger partial charge in [-0.3, -0.25) is 4.79 Å². The number of nitrogens with one attached hydrogen (secondary N) is 2. The van der Waals surface area contributed by atoms with Crippen LogP contribution < -0.4 is 10.6 Å². The van der Waals surface area contributed by atoms with E-state index in [9.17, 15) is 4.79 Å². The summed E-state index contributed by atoms with van der Waals surface area (Å²) in [7, 11) is 0. The quantitative estimate of drug-likeness (QED) is 0.838. The highest BCUT2D eigenvalue weighted by molar-refractivity contribution is 6.33. The molecule has 0 aliphatic rings. The van der Waals surface area contributed by atoms with Gasteiger partial charge in [0.25, 0.3) is 0 Å². The zero-order valence-electron chi connectivity index (χ0n) is 12.5. The summed E-state index contributed by atoms with van der Waals surface area (Å²) in [5.74, 6) is -0.139. The summed E-state index contributed by atoms with van der Waals surface area (Å²) in [6, 6.07) is 13.1. The molecule has 5 heteroatoms. The highest BCUT2D eigenvalue weighted by Crippen LogP contribution is 2.22. The Kier molecular flexibility index (Phi) is 5.83. The van der Waals surface area contributed by atoms with E-state index >= 15 is 0 Å². The molecule has 3 nitrogen and oxygen atoms in total. The summed E-state index contributed by atoms with van der Waals surface area (Å²) in [6.45, 7) is 4.13. The van der Waals surface area contributed by atoms with Crippen LogP contribution in [0.3, 0.4) is 0 Å². The second-order valence-corrected chi connectivity index (χ2v) is 6.03. The zero-order chi connectivity index (χ0) is 16.1. The largest absolute Gasteiger partial charge is 0.324 e. The third kappa shape index (κ3) is 4.73. The first kappa shape index (κ1) is 16.8. The van der Waals surface area contributed by atoms with E-state index in [1.807, 2.05) is 50.2 Å². The molecule has 2 rings (SSSR count). The fraction of sp³-hybridized carbons (Fsp3) is 0.235. The third-order valence-electron chi connectivity index (χ3n) is 3.32. The summed E-state index contributed by atoms with van der Waals surface area (Å²) in [5.41, 5.74) is 2.71. The number of amides is 1. The normalized spacial score (nSPS) is 12.0. The number of carbonyl (C=O) groups excluding carboxylic acids is 1. The Morgan fingerprint density at radius 2 is 1.95 bits per heavy atom. The monoisotopic (exact) mass is 336 g/mol. The van der Waals surface area contributed by atoms with Crippen molar-refractivity contribution in [1.29, 1.82) is 0 Å². The van der Waals surface area contributed by atoms with Crippen LogP contribution >= 0.6 is 23.2 Å². The predicted octanol–water partition coefficient (Wildman–Crippen LogP) is 4.59. The minimum atomic E-state index is -0.139. The summed E-state index contributed by atoms with van der Waals surface area (Å²) in [4.78, 5) is 12.0. The van der Waals surface area contributed by atoms with Gasteiger partial charge < -0.3 is 10.6 Å². The number of anilines is 1. The maximum absolute atomic E-state index is 12.0. The lowest BCUT2D eigenvalue weighted by atomic mass is 10.1. The molecule has 0 saturated heterocycles. The van der Waals surface area contributed by atoms with Gasteiger partial charge in [-0.2, -0.15) is 0 Å². The molecule has 0 heterocycles. The Balaban J connectivity index is 1.90. The van der Waals surface area contributed by atoms with Gasteiger partial charge >= 0.3 is 0 Å². The molecule has 22 heavy (non-hydrogen) atoms. The SMILES string of the molecule is Cc1ccc(NC(=O)CN[C@H](C)c2cccc(Cl)c2)c(Cl)c1. The molecular formula is C17H18Cl2N2O. The van der Waals surface area contributed by atoms with E-state index in [-0.39, 0.29) is 18.5 Å². The Labute approximate surface area is 140 Å². The van der Waals surface area contributed by atoms with Crippen molar-refractivity contribution in [1.82, 2.24) is 5.32 Å². The average molecular weight is 337 g/mol. The zero-order valence-corrected chi connectivity index (χ0v) is 14.0. The molecule has 0 aliphatic carbocycles. The van der Waals surface area contributed by atoms with Crippen molar-refractivity contribution >= 4 is 34.8 Å². The van der Waals surface area contributed by atoms with Gasteiger partial charge in [-0.1, -0.05) is 41.4 Å². The van der Waals surface area contributed by atoms with Crippen LogP contribution in [0.1, 0.15) is 24.1 Å². The van der Waals surface area contributed by atoms with Crippen molar-refractivity contribution in [2.24, 2.45) is 0 Å². The van der Waals surface area contributed by atoms with Gasteiger partial charge in [0.15, 0.2) is 0 Å². The first-order valence-corrected chi connectivity index (χ1v) is 7.76. The number of hydrogen-bond donors (Lipinski definition) is 2. The summed E-state index contributed by atoms with van der Waals surface area (Å²) in [6.07, 6.45) is 0. The molecular weight excluding hydrogens is 319 g/mol. The molecule has 116 valence electrons. The van der Waals surface area contributed by atoms with Crippen LogP contribution in [-0.2, 0) is 4.79 Å². The van der Waals surface area contributed by atoms with Crippen molar-refractivity contribution in [2.75, 3.05) is 11.9 Å². The maximum atomic E-state index is 12.0. The van der Waals surface area contributed by atoms with Crippen molar-refractivity contribution in [3.63, 3.8) is 0 Å². The van der Waals surface area contributed by atoms with E-state index in [0.29, 0.717) is 15.7 Å². The summed E-state index contributed by atoms with van der Waals surface area (Å²) >= 11 is 12.1. The Hall–Kier alpha value is -1.55. The van der Waals surface area contributed by atoms with E-state index in [2.05, 4.69) is 10.6 Å². The van der Waals surface area contributed by atoms with Crippen molar-refractivity contribution in [2.45, 2.75) is 19.9 Å². The number of rotatable bonds is 5. The Morgan fingerprint density at radius 1 is 1.18 bits per heavy atom. The van der Waals surface area contributed by atoms with Crippen LogP contribution in [0.2, 0.25) is 10.0 Å². The second-order valence-electron chi connectivity index (χ2n) is 5.19. The number of carbonyl (C=O) groups is 1. The maximum Gasteiger partial charge on any atom is 0.238 e. The van der Waals surface area contributed by atoms with Gasteiger partial charge in [0, 0.05) is 11.1 Å². The summed E-state index contributed by atoms with van der Waals surface area (Å²) in [5, 5.41) is 7.18. The van der Waals surface area contributed by atoms with E-state index in [0.717, 1.165) is 11.1 Å². The lowest BCUT2D eigenvalue weighted by molar-refractivity contribution is -0.115. The van der Waals surface area contributed by atoms with Crippen LogP contribution in [0.15, 0.2) is 42.5 Å². The smallest absolute Gasteiger partial charge is 0.238 e. The minimum Gasteiger partial charge on any atom is -0.324 e. The molecule has 0 unspecified atom stereocenters. The molecule has 0 bridgehead atoms. The van der Waals surface area contributed by atoms with Crippen molar-refractivity contribution in [3.8, 4) is 0 Å².